The van der Waals surface area contributed by atoms with Crippen LogP contribution in [0.2, 0.25) is 0 Å². The number of aliphatic imine (C=N–C) groups is 1. The zero-order valence-corrected chi connectivity index (χ0v) is 17.5. The number of guanidine groups is 1. The second-order valence-corrected chi connectivity index (χ2v) is 6.76. The maximum Gasteiger partial charge on any atom is 0.193 e. The van der Waals surface area contributed by atoms with Crippen molar-refractivity contribution in [3.8, 4) is 0 Å². The second-order valence-electron chi connectivity index (χ2n) is 5.56. The number of ether oxygens (including phenoxy) is 1. The molecule has 1 saturated heterocycles. The average Bonchev–Trinajstić information content (AvgIpc) is 3.18. The van der Waals surface area contributed by atoms with Crippen LogP contribution in [0.4, 0.5) is 0 Å². The molecule has 1 fully saturated rings. The lowest BCUT2D eigenvalue weighted by Crippen LogP contribution is -2.41. The highest BCUT2D eigenvalue weighted by Crippen LogP contribution is 2.17. The standard InChI is InChI=1S/C16H28N4OS.HI/c1-4-14-10-19-15(22-14)6-8-18-16(17-3)20-9-7-13(11-20)12-21-5-2;/h10,13H,4-9,11-12H2,1-3H3,(H,17,18);1H. The molecule has 1 atom stereocenters. The number of aryl methyl sites for hydroxylation is 1. The molecule has 0 radical (unpaired) electrons. The zero-order valence-electron chi connectivity index (χ0n) is 14.4. The number of halogens is 1. The van der Waals surface area contributed by atoms with Crippen LogP contribution in [-0.2, 0) is 17.6 Å². The summed E-state index contributed by atoms with van der Waals surface area (Å²) in [7, 11) is 1.86. The summed E-state index contributed by atoms with van der Waals surface area (Å²) >= 11 is 1.81. The normalized spacial score (nSPS) is 18.1. The highest BCUT2D eigenvalue weighted by molar-refractivity contribution is 14.0. The van der Waals surface area contributed by atoms with Gasteiger partial charge < -0.3 is 15.0 Å². The van der Waals surface area contributed by atoms with E-state index in [0.29, 0.717) is 5.92 Å². The van der Waals surface area contributed by atoms with Gasteiger partial charge in [-0.2, -0.15) is 0 Å². The van der Waals surface area contributed by atoms with Crippen molar-refractivity contribution >= 4 is 41.3 Å². The molecule has 0 saturated carbocycles. The van der Waals surface area contributed by atoms with E-state index >= 15 is 0 Å². The van der Waals surface area contributed by atoms with E-state index in [4.69, 9.17) is 4.74 Å². The smallest absolute Gasteiger partial charge is 0.193 e. The van der Waals surface area contributed by atoms with Gasteiger partial charge in [-0.15, -0.1) is 35.3 Å². The molecule has 2 heterocycles. The Kier molecular flexibility index (Phi) is 10.0. The lowest BCUT2D eigenvalue weighted by atomic mass is 10.1. The fourth-order valence-corrected chi connectivity index (χ4v) is 3.55. The minimum Gasteiger partial charge on any atom is -0.381 e. The van der Waals surface area contributed by atoms with E-state index in [0.717, 1.165) is 51.6 Å². The van der Waals surface area contributed by atoms with Crippen LogP contribution in [0.25, 0.3) is 0 Å². The minimum absolute atomic E-state index is 0. The first-order chi connectivity index (χ1) is 10.8. The van der Waals surface area contributed by atoms with Crippen molar-refractivity contribution in [1.29, 1.82) is 0 Å². The van der Waals surface area contributed by atoms with Crippen LogP contribution in [0, 0.1) is 5.92 Å². The number of rotatable bonds is 7. The molecule has 0 amide bonds. The van der Waals surface area contributed by atoms with Gasteiger partial charge in [0.1, 0.15) is 0 Å². The summed E-state index contributed by atoms with van der Waals surface area (Å²) in [6.45, 7) is 8.88. The minimum atomic E-state index is 0. The Morgan fingerprint density at radius 1 is 1.52 bits per heavy atom. The van der Waals surface area contributed by atoms with Crippen LogP contribution < -0.4 is 5.32 Å². The molecule has 1 aliphatic rings. The molecule has 1 aromatic rings. The Labute approximate surface area is 160 Å². The van der Waals surface area contributed by atoms with E-state index in [1.165, 1.54) is 16.3 Å². The van der Waals surface area contributed by atoms with Gasteiger partial charge in [0.2, 0.25) is 0 Å². The van der Waals surface area contributed by atoms with Gasteiger partial charge in [-0.1, -0.05) is 6.92 Å². The van der Waals surface area contributed by atoms with Crippen LogP contribution in [0.3, 0.4) is 0 Å². The molecule has 0 aromatic carbocycles. The van der Waals surface area contributed by atoms with Crippen molar-refractivity contribution in [1.82, 2.24) is 15.2 Å². The summed E-state index contributed by atoms with van der Waals surface area (Å²) in [5, 5.41) is 4.67. The molecule has 1 aromatic heterocycles. The van der Waals surface area contributed by atoms with Crippen LogP contribution in [0.1, 0.15) is 30.2 Å². The quantitative estimate of drug-likeness (QED) is 0.393. The predicted octanol–water partition coefficient (Wildman–Crippen LogP) is 2.80. The van der Waals surface area contributed by atoms with Crippen molar-refractivity contribution in [3.63, 3.8) is 0 Å². The first-order valence-corrected chi connectivity index (χ1v) is 9.05. The molecule has 23 heavy (non-hydrogen) atoms. The Hall–Kier alpha value is -0.410. The molecule has 2 rings (SSSR count). The lowest BCUT2D eigenvalue weighted by Gasteiger charge is -2.21. The van der Waals surface area contributed by atoms with Gasteiger partial charge in [0.15, 0.2) is 5.96 Å². The van der Waals surface area contributed by atoms with Gasteiger partial charge in [-0.05, 0) is 19.8 Å². The molecule has 5 nitrogen and oxygen atoms in total. The van der Waals surface area contributed by atoms with Crippen molar-refractivity contribution in [2.24, 2.45) is 10.9 Å². The number of thiazole rings is 1. The van der Waals surface area contributed by atoms with Crippen molar-refractivity contribution < 1.29 is 4.74 Å². The fourth-order valence-electron chi connectivity index (χ4n) is 2.69. The summed E-state index contributed by atoms with van der Waals surface area (Å²) in [6, 6.07) is 0. The van der Waals surface area contributed by atoms with E-state index in [1.807, 2.05) is 24.6 Å². The maximum atomic E-state index is 5.54. The Morgan fingerprint density at radius 2 is 2.35 bits per heavy atom. The van der Waals surface area contributed by atoms with Crippen LogP contribution in [0.5, 0.6) is 0 Å². The van der Waals surface area contributed by atoms with Gasteiger partial charge in [-0.25, -0.2) is 4.98 Å². The number of nitrogens with one attached hydrogen (secondary N) is 1. The lowest BCUT2D eigenvalue weighted by molar-refractivity contribution is 0.114. The Balaban J connectivity index is 0.00000264. The number of hydrogen-bond donors (Lipinski definition) is 1. The number of likely N-dealkylation sites (tertiary alicyclic amines) is 1. The van der Waals surface area contributed by atoms with Gasteiger partial charge in [0.05, 0.1) is 11.6 Å². The van der Waals surface area contributed by atoms with Gasteiger partial charge >= 0.3 is 0 Å². The molecule has 0 spiro atoms. The molecular formula is C16H29IN4OS. The third-order valence-electron chi connectivity index (χ3n) is 3.93. The van der Waals surface area contributed by atoms with E-state index in [1.54, 1.807) is 0 Å². The largest absolute Gasteiger partial charge is 0.381 e. The summed E-state index contributed by atoms with van der Waals surface area (Å²) in [5.74, 6) is 1.64. The van der Waals surface area contributed by atoms with Gasteiger partial charge in [0.25, 0.3) is 0 Å². The van der Waals surface area contributed by atoms with Crippen LogP contribution >= 0.6 is 35.3 Å². The number of aromatic nitrogens is 1. The highest BCUT2D eigenvalue weighted by atomic mass is 127. The molecule has 0 bridgehead atoms. The summed E-state index contributed by atoms with van der Waals surface area (Å²) in [4.78, 5) is 12.6. The van der Waals surface area contributed by atoms with E-state index < -0.39 is 0 Å². The third-order valence-corrected chi connectivity index (χ3v) is 5.13. The summed E-state index contributed by atoms with van der Waals surface area (Å²) < 4.78 is 5.54. The third kappa shape index (κ3) is 6.54. The first kappa shape index (κ1) is 20.6. The SMILES string of the molecule is CCOCC1CCN(C(=NC)NCCc2ncc(CC)s2)C1.I. The molecule has 0 aliphatic carbocycles. The van der Waals surface area contributed by atoms with E-state index in [9.17, 15) is 0 Å². The topological polar surface area (TPSA) is 49.8 Å². The monoisotopic (exact) mass is 452 g/mol. The predicted molar refractivity (Wildman–Crippen MR) is 108 cm³/mol. The number of nitrogens with zero attached hydrogens (tertiary/aromatic N) is 3. The first-order valence-electron chi connectivity index (χ1n) is 8.23. The molecule has 1 unspecified atom stereocenters. The van der Waals surface area contributed by atoms with E-state index in [-0.39, 0.29) is 24.0 Å². The van der Waals surface area contributed by atoms with Crippen LogP contribution in [0.15, 0.2) is 11.2 Å². The summed E-state index contributed by atoms with van der Waals surface area (Å²) in [6.07, 6.45) is 5.21. The fraction of sp³-hybridized carbons (Fsp3) is 0.750. The van der Waals surface area contributed by atoms with Crippen LogP contribution in [-0.4, -0.2) is 55.7 Å². The second kappa shape index (κ2) is 11.2. The summed E-state index contributed by atoms with van der Waals surface area (Å²) in [5.41, 5.74) is 0. The van der Waals surface area contributed by atoms with Gasteiger partial charge in [-0.3, -0.25) is 4.99 Å². The van der Waals surface area contributed by atoms with Crippen molar-refractivity contribution in [2.45, 2.75) is 33.1 Å². The zero-order chi connectivity index (χ0) is 15.8. The maximum absolute atomic E-state index is 5.54. The van der Waals surface area contributed by atoms with Gasteiger partial charge in [0, 0.05) is 56.7 Å². The Morgan fingerprint density at radius 3 is 3.00 bits per heavy atom. The molecule has 1 N–H and O–H groups in total. The molecular weight excluding hydrogens is 423 g/mol. The van der Waals surface area contributed by atoms with Crippen molar-refractivity contribution in [2.75, 3.05) is 39.9 Å². The molecule has 132 valence electrons. The highest BCUT2D eigenvalue weighted by Gasteiger charge is 2.24. The molecule has 7 heteroatoms. The average molecular weight is 452 g/mol. The van der Waals surface area contributed by atoms with E-state index in [2.05, 4.69) is 34.0 Å². The molecule has 1 aliphatic heterocycles. The number of hydrogen-bond acceptors (Lipinski definition) is 4. The Bertz CT molecular complexity index is 480. The van der Waals surface area contributed by atoms with Crippen molar-refractivity contribution in [3.05, 3.63) is 16.1 Å².